The zero-order chi connectivity index (χ0) is 17.3. The molecule has 1 amide bonds. The molecule has 2 aliphatic heterocycles. The fraction of sp³-hybridized carbons (Fsp3) is 0.450. The molecular formula is C20H25N3OS. The Morgan fingerprint density at radius 2 is 2.00 bits per heavy atom. The van der Waals surface area contributed by atoms with Crippen molar-refractivity contribution in [2.75, 3.05) is 25.5 Å². The highest BCUT2D eigenvalue weighted by Crippen LogP contribution is 2.34. The first-order valence-corrected chi connectivity index (χ1v) is 9.91. The second-order valence-electron chi connectivity index (χ2n) is 7.40. The molecule has 0 radical (unpaired) electrons. The van der Waals surface area contributed by atoms with Gasteiger partial charge in [0.15, 0.2) is 0 Å². The number of fused-ring (bicyclic) bond motifs is 1. The van der Waals surface area contributed by atoms with Gasteiger partial charge >= 0.3 is 0 Å². The summed E-state index contributed by atoms with van der Waals surface area (Å²) in [5.41, 5.74) is 3.67. The molecule has 2 aromatic rings. The molecule has 1 N–H and O–H groups in total. The van der Waals surface area contributed by atoms with Crippen LogP contribution in [-0.4, -0.2) is 41.4 Å². The number of likely N-dealkylation sites (tertiary alicyclic amines) is 1. The van der Waals surface area contributed by atoms with E-state index in [0.717, 1.165) is 32.5 Å². The van der Waals surface area contributed by atoms with Gasteiger partial charge in [0.2, 0.25) is 5.91 Å². The Kier molecular flexibility index (Phi) is 4.52. The Balaban J connectivity index is 1.52. The Labute approximate surface area is 153 Å². The molecule has 25 heavy (non-hydrogen) atoms. The number of carbonyl (C=O) groups is 1. The average Bonchev–Trinajstić information content (AvgIpc) is 3.11. The van der Waals surface area contributed by atoms with Crippen molar-refractivity contribution in [3.63, 3.8) is 0 Å². The first-order chi connectivity index (χ1) is 12.1. The number of hydrogen-bond donors (Lipinski definition) is 1. The third-order valence-corrected chi connectivity index (χ3v) is 6.27. The van der Waals surface area contributed by atoms with Crippen molar-refractivity contribution in [1.29, 1.82) is 0 Å². The minimum atomic E-state index is -0.118. The summed E-state index contributed by atoms with van der Waals surface area (Å²) in [7, 11) is 1.92. The van der Waals surface area contributed by atoms with Crippen LogP contribution in [0.5, 0.6) is 0 Å². The van der Waals surface area contributed by atoms with Gasteiger partial charge < -0.3 is 10.2 Å². The molecule has 1 aromatic carbocycles. The highest BCUT2D eigenvalue weighted by molar-refractivity contribution is 7.07. The highest BCUT2D eigenvalue weighted by Gasteiger charge is 2.38. The Bertz CT molecular complexity index is 735. The molecule has 2 aliphatic rings. The van der Waals surface area contributed by atoms with Crippen molar-refractivity contribution < 1.29 is 4.79 Å². The maximum atomic E-state index is 12.7. The maximum absolute atomic E-state index is 12.7. The van der Waals surface area contributed by atoms with Gasteiger partial charge in [-0.15, -0.1) is 0 Å². The van der Waals surface area contributed by atoms with E-state index < -0.39 is 0 Å². The van der Waals surface area contributed by atoms with E-state index >= 15 is 0 Å². The van der Waals surface area contributed by atoms with E-state index in [1.807, 2.05) is 11.9 Å². The highest BCUT2D eigenvalue weighted by atomic mass is 32.1. The minimum Gasteiger partial charge on any atom is -0.379 e. The molecule has 0 aliphatic carbocycles. The number of piperidine rings is 1. The largest absolute Gasteiger partial charge is 0.379 e. The quantitative estimate of drug-likeness (QED) is 0.895. The van der Waals surface area contributed by atoms with Crippen LogP contribution < -0.4 is 5.32 Å². The van der Waals surface area contributed by atoms with Crippen LogP contribution in [0, 0.1) is 0 Å². The van der Waals surface area contributed by atoms with Gasteiger partial charge in [0.25, 0.3) is 0 Å². The lowest BCUT2D eigenvalue weighted by Crippen LogP contribution is -2.52. The van der Waals surface area contributed by atoms with Crippen LogP contribution in [-0.2, 0) is 17.9 Å². The number of amides is 1. The molecule has 0 atom stereocenters. The van der Waals surface area contributed by atoms with Crippen molar-refractivity contribution in [2.24, 2.45) is 0 Å². The monoisotopic (exact) mass is 355 g/mol. The zero-order valence-electron chi connectivity index (χ0n) is 14.7. The van der Waals surface area contributed by atoms with Crippen molar-refractivity contribution in [3.05, 3.63) is 52.2 Å². The Hall–Kier alpha value is -1.85. The SMILES string of the molecule is CN1Cc2ccccc2NC2(CCN(Cc3ccsc3)CC2)CC1=O. The lowest BCUT2D eigenvalue weighted by Gasteiger charge is -2.45. The number of nitrogens with zero attached hydrogens (tertiary/aromatic N) is 2. The van der Waals surface area contributed by atoms with E-state index in [1.54, 1.807) is 11.3 Å². The predicted molar refractivity (Wildman–Crippen MR) is 103 cm³/mol. The molecule has 0 unspecified atom stereocenters. The Morgan fingerprint density at radius 1 is 1.20 bits per heavy atom. The molecule has 1 fully saturated rings. The van der Waals surface area contributed by atoms with Crippen molar-refractivity contribution in [1.82, 2.24) is 9.80 Å². The smallest absolute Gasteiger partial charge is 0.224 e. The lowest BCUT2D eigenvalue weighted by atomic mass is 9.82. The molecule has 1 aromatic heterocycles. The van der Waals surface area contributed by atoms with E-state index in [0.29, 0.717) is 13.0 Å². The number of nitrogens with one attached hydrogen (secondary N) is 1. The van der Waals surface area contributed by atoms with Crippen molar-refractivity contribution in [2.45, 2.75) is 37.9 Å². The van der Waals surface area contributed by atoms with Crippen LogP contribution in [0.2, 0.25) is 0 Å². The van der Waals surface area contributed by atoms with Gasteiger partial charge in [-0.05, 0) is 46.9 Å². The molecule has 1 spiro atoms. The third-order valence-electron chi connectivity index (χ3n) is 5.54. The van der Waals surface area contributed by atoms with Crippen LogP contribution in [0.1, 0.15) is 30.4 Å². The zero-order valence-corrected chi connectivity index (χ0v) is 15.5. The molecule has 0 bridgehead atoms. The fourth-order valence-electron chi connectivity index (χ4n) is 3.96. The van der Waals surface area contributed by atoms with Crippen LogP contribution in [0.25, 0.3) is 0 Å². The standard InChI is InChI=1S/C20H25N3OS/c1-22-14-17-4-2-3-5-18(17)21-20(12-19(22)24)7-9-23(10-8-20)13-16-6-11-25-15-16/h2-6,11,15,21H,7-10,12-14H2,1H3. The van der Waals surface area contributed by atoms with E-state index in [9.17, 15) is 4.79 Å². The number of benzene rings is 1. The molecule has 5 heteroatoms. The number of hydrogen-bond acceptors (Lipinski definition) is 4. The summed E-state index contributed by atoms with van der Waals surface area (Å²) < 4.78 is 0. The van der Waals surface area contributed by atoms with Gasteiger partial charge in [-0.3, -0.25) is 9.69 Å². The first kappa shape index (κ1) is 16.6. The summed E-state index contributed by atoms with van der Waals surface area (Å²) in [6.07, 6.45) is 2.60. The number of para-hydroxylation sites is 1. The summed E-state index contributed by atoms with van der Waals surface area (Å²) in [6.45, 7) is 3.76. The molecule has 4 nitrogen and oxygen atoms in total. The Morgan fingerprint density at radius 3 is 2.76 bits per heavy atom. The van der Waals surface area contributed by atoms with Crippen LogP contribution in [0.15, 0.2) is 41.1 Å². The summed E-state index contributed by atoms with van der Waals surface area (Å²) in [6, 6.07) is 10.6. The van der Waals surface area contributed by atoms with Gasteiger partial charge in [0, 0.05) is 50.9 Å². The van der Waals surface area contributed by atoms with Gasteiger partial charge in [-0.25, -0.2) is 0 Å². The first-order valence-electron chi connectivity index (χ1n) is 8.97. The topological polar surface area (TPSA) is 35.6 Å². The average molecular weight is 356 g/mol. The molecule has 132 valence electrons. The van der Waals surface area contributed by atoms with Crippen molar-refractivity contribution in [3.8, 4) is 0 Å². The lowest BCUT2D eigenvalue weighted by molar-refractivity contribution is -0.132. The second-order valence-corrected chi connectivity index (χ2v) is 8.18. The van der Waals surface area contributed by atoms with Crippen LogP contribution in [0.3, 0.4) is 0 Å². The summed E-state index contributed by atoms with van der Waals surface area (Å²) in [5, 5.41) is 8.14. The van der Waals surface area contributed by atoms with E-state index in [1.165, 1.54) is 16.8 Å². The molecule has 3 heterocycles. The number of rotatable bonds is 2. The third kappa shape index (κ3) is 3.58. The number of carbonyl (C=O) groups excluding carboxylic acids is 1. The van der Waals surface area contributed by atoms with Crippen LogP contribution >= 0.6 is 11.3 Å². The van der Waals surface area contributed by atoms with Gasteiger partial charge in [-0.1, -0.05) is 18.2 Å². The maximum Gasteiger partial charge on any atom is 0.224 e. The van der Waals surface area contributed by atoms with Gasteiger partial charge in [0.1, 0.15) is 0 Å². The fourth-order valence-corrected chi connectivity index (χ4v) is 4.62. The normalized spacial score (nSPS) is 20.7. The van der Waals surface area contributed by atoms with E-state index in [2.05, 4.69) is 51.3 Å². The molecular weight excluding hydrogens is 330 g/mol. The summed E-state index contributed by atoms with van der Waals surface area (Å²) >= 11 is 1.76. The summed E-state index contributed by atoms with van der Waals surface area (Å²) in [4.78, 5) is 17.0. The minimum absolute atomic E-state index is 0.118. The van der Waals surface area contributed by atoms with E-state index in [-0.39, 0.29) is 11.4 Å². The van der Waals surface area contributed by atoms with E-state index in [4.69, 9.17) is 0 Å². The van der Waals surface area contributed by atoms with Gasteiger partial charge in [-0.2, -0.15) is 11.3 Å². The second kappa shape index (κ2) is 6.81. The predicted octanol–water partition coefficient (Wildman–Crippen LogP) is 3.56. The molecule has 4 rings (SSSR count). The summed E-state index contributed by atoms with van der Waals surface area (Å²) in [5.74, 6) is 0.244. The van der Waals surface area contributed by atoms with Crippen LogP contribution in [0.4, 0.5) is 5.69 Å². The molecule has 1 saturated heterocycles. The molecule has 0 saturated carbocycles. The number of thiophene rings is 1. The number of anilines is 1. The van der Waals surface area contributed by atoms with Crippen molar-refractivity contribution >= 4 is 22.9 Å². The van der Waals surface area contributed by atoms with Gasteiger partial charge in [0.05, 0.1) is 0 Å².